The Labute approximate surface area is 166 Å². The SMILES string of the molecule is Cc1ccc2ccc3c4cc(B5OC(C)(C)C(C)(C)O5)ccc4ccc3c2c1. The number of benzene rings is 4. The van der Waals surface area contributed by atoms with E-state index < -0.39 is 0 Å². The predicted octanol–water partition coefficient (Wildman–Crippen LogP) is 5.75. The van der Waals surface area contributed by atoms with Gasteiger partial charge in [-0.3, -0.25) is 0 Å². The molecule has 0 radical (unpaired) electrons. The van der Waals surface area contributed by atoms with Crippen molar-refractivity contribution >= 4 is 44.9 Å². The van der Waals surface area contributed by atoms with Crippen molar-refractivity contribution in [3.8, 4) is 0 Å². The van der Waals surface area contributed by atoms with Gasteiger partial charge in [0.25, 0.3) is 0 Å². The third kappa shape index (κ3) is 2.57. The summed E-state index contributed by atoms with van der Waals surface area (Å²) in [5.74, 6) is 0. The van der Waals surface area contributed by atoms with Gasteiger partial charge in [0.1, 0.15) is 0 Å². The van der Waals surface area contributed by atoms with E-state index in [1.165, 1.54) is 37.9 Å². The van der Waals surface area contributed by atoms with E-state index in [9.17, 15) is 0 Å². The quantitative estimate of drug-likeness (QED) is 0.314. The van der Waals surface area contributed by atoms with Gasteiger partial charge in [-0.2, -0.15) is 0 Å². The molecule has 0 atom stereocenters. The van der Waals surface area contributed by atoms with Crippen LogP contribution in [-0.4, -0.2) is 18.3 Å². The molecule has 1 heterocycles. The summed E-state index contributed by atoms with van der Waals surface area (Å²) >= 11 is 0. The molecule has 0 bridgehead atoms. The molecule has 1 aliphatic rings. The first-order valence-corrected chi connectivity index (χ1v) is 9.97. The van der Waals surface area contributed by atoms with E-state index in [1.807, 2.05) is 0 Å². The summed E-state index contributed by atoms with van der Waals surface area (Å²) in [4.78, 5) is 0. The highest BCUT2D eigenvalue weighted by Crippen LogP contribution is 2.37. The zero-order valence-electron chi connectivity index (χ0n) is 17.2. The van der Waals surface area contributed by atoms with Crippen molar-refractivity contribution in [1.82, 2.24) is 0 Å². The molecule has 0 saturated carbocycles. The highest BCUT2D eigenvalue weighted by Gasteiger charge is 2.51. The van der Waals surface area contributed by atoms with Crippen LogP contribution in [0.2, 0.25) is 0 Å². The molecular weight excluding hydrogens is 343 g/mol. The molecule has 28 heavy (non-hydrogen) atoms. The Morgan fingerprint density at radius 2 is 1.11 bits per heavy atom. The maximum absolute atomic E-state index is 6.27. The van der Waals surface area contributed by atoms with Gasteiger partial charge < -0.3 is 9.31 Å². The normalized spacial score (nSPS) is 18.4. The van der Waals surface area contributed by atoms with Gasteiger partial charge in [0, 0.05) is 0 Å². The summed E-state index contributed by atoms with van der Waals surface area (Å²) in [6.07, 6.45) is 0. The molecule has 1 saturated heterocycles. The Hall–Kier alpha value is -2.36. The minimum Gasteiger partial charge on any atom is -0.399 e. The third-order valence-corrected chi connectivity index (χ3v) is 6.54. The van der Waals surface area contributed by atoms with Crippen LogP contribution in [0.5, 0.6) is 0 Å². The molecule has 0 aliphatic carbocycles. The van der Waals surface area contributed by atoms with Crippen LogP contribution < -0.4 is 5.46 Å². The number of hydrogen-bond donors (Lipinski definition) is 0. The van der Waals surface area contributed by atoms with Gasteiger partial charge in [-0.25, -0.2) is 0 Å². The van der Waals surface area contributed by atoms with Crippen molar-refractivity contribution in [2.24, 2.45) is 0 Å². The molecule has 1 fully saturated rings. The van der Waals surface area contributed by atoms with Crippen LogP contribution in [0.25, 0.3) is 32.3 Å². The lowest BCUT2D eigenvalue weighted by Gasteiger charge is -2.32. The van der Waals surface area contributed by atoms with Gasteiger partial charge in [0.2, 0.25) is 0 Å². The molecule has 0 N–H and O–H groups in total. The fraction of sp³-hybridized carbons (Fsp3) is 0.280. The lowest BCUT2D eigenvalue weighted by molar-refractivity contribution is 0.00578. The van der Waals surface area contributed by atoms with Crippen LogP contribution in [0, 0.1) is 6.92 Å². The summed E-state index contributed by atoms with van der Waals surface area (Å²) in [5, 5.41) is 7.63. The van der Waals surface area contributed by atoms with E-state index in [-0.39, 0.29) is 18.3 Å². The summed E-state index contributed by atoms with van der Waals surface area (Å²) in [6, 6.07) is 22.1. The predicted molar refractivity (Wildman–Crippen MR) is 119 cm³/mol. The molecule has 5 rings (SSSR count). The lowest BCUT2D eigenvalue weighted by Crippen LogP contribution is -2.41. The number of rotatable bonds is 1. The summed E-state index contributed by atoms with van der Waals surface area (Å²) in [5.41, 5.74) is 1.69. The topological polar surface area (TPSA) is 18.5 Å². The van der Waals surface area contributed by atoms with E-state index in [0.29, 0.717) is 0 Å². The van der Waals surface area contributed by atoms with Crippen LogP contribution in [0.15, 0.2) is 60.7 Å². The summed E-state index contributed by atoms with van der Waals surface area (Å²) in [6.45, 7) is 10.5. The van der Waals surface area contributed by atoms with Gasteiger partial charge in [-0.05, 0) is 72.4 Å². The fourth-order valence-electron chi connectivity index (χ4n) is 4.12. The van der Waals surface area contributed by atoms with Crippen molar-refractivity contribution in [3.63, 3.8) is 0 Å². The van der Waals surface area contributed by atoms with Crippen LogP contribution >= 0.6 is 0 Å². The highest BCUT2D eigenvalue weighted by atomic mass is 16.7. The maximum Gasteiger partial charge on any atom is 0.494 e. The van der Waals surface area contributed by atoms with Gasteiger partial charge in [-0.15, -0.1) is 0 Å². The number of hydrogen-bond acceptors (Lipinski definition) is 2. The van der Waals surface area contributed by atoms with E-state index in [4.69, 9.17) is 9.31 Å². The van der Waals surface area contributed by atoms with Crippen molar-refractivity contribution in [2.75, 3.05) is 0 Å². The minimum absolute atomic E-state index is 0.334. The third-order valence-electron chi connectivity index (χ3n) is 6.54. The first kappa shape index (κ1) is 17.7. The zero-order valence-corrected chi connectivity index (χ0v) is 17.2. The monoisotopic (exact) mass is 368 g/mol. The van der Waals surface area contributed by atoms with Gasteiger partial charge >= 0.3 is 7.12 Å². The molecule has 0 spiro atoms. The van der Waals surface area contributed by atoms with Gasteiger partial charge in [0.15, 0.2) is 0 Å². The minimum atomic E-state index is -0.340. The zero-order chi connectivity index (χ0) is 19.7. The van der Waals surface area contributed by atoms with E-state index in [1.54, 1.807) is 0 Å². The summed E-state index contributed by atoms with van der Waals surface area (Å²) < 4.78 is 12.5. The molecule has 1 aliphatic heterocycles. The largest absolute Gasteiger partial charge is 0.494 e. The Kier molecular flexibility index (Phi) is 3.69. The molecule has 0 aromatic heterocycles. The fourth-order valence-corrected chi connectivity index (χ4v) is 4.12. The van der Waals surface area contributed by atoms with Crippen LogP contribution in [-0.2, 0) is 9.31 Å². The lowest BCUT2D eigenvalue weighted by atomic mass is 9.78. The Balaban J connectivity index is 1.71. The van der Waals surface area contributed by atoms with Crippen molar-refractivity contribution in [2.45, 2.75) is 45.8 Å². The molecule has 0 unspecified atom stereocenters. The van der Waals surface area contributed by atoms with E-state index in [0.717, 1.165) is 5.46 Å². The van der Waals surface area contributed by atoms with Crippen LogP contribution in [0.4, 0.5) is 0 Å². The summed E-state index contributed by atoms with van der Waals surface area (Å²) in [7, 11) is -0.340. The van der Waals surface area contributed by atoms with Crippen molar-refractivity contribution in [1.29, 1.82) is 0 Å². The second-order valence-electron chi connectivity index (χ2n) is 9.02. The van der Waals surface area contributed by atoms with Crippen molar-refractivity contribution in [3.05, 3.63) is 66.2 Å². The second kappa shape index (κ2) is 5.82. The maximum atomic E-state index is 6.27. The Morgan fingerprint density at radius 3 is 1.71 bits per heavy atom. The molecule has 4 aromatic rings. The van der Waals surface area contributed by atoms with Crippen LogP contribution in [0.1, 0.15) is 33.3 Å². The highest BCUT2D eigenvalue weighted by molar-refractivity contribution is 6.62. The molecular formula is C25H25BO2. The van der Waals surface area contributed by atoms with Gasteiger partial charge in [0.05, 0.1) is 11.2 Å². The molecule has 2 nitrogen and oxygen atoms in total. The Bertz CT molecular complexity index is 1220. The standard InChI is InChI=1S/C25H25BO2/c1-16-6-7-17-9-13-21-20(22(17)14-16)12-10-18-8-11-19(15-23(18)21)26-27-24(2,3)25(4,5)28-26/h6-15H,1-5H3. The van der Waals surface area contributed by atoms with Crippen molar-refractivity contribution < 1.29 is 9.31 Å². The van der Waals surface area contributed by atoms with Crippen LogP contribution in [0.3, 0.4) is 0 Å². The molecule has 0 amide bonds. The number of fused-ring (bicyclic) bond motifs is 5. The molecule has 3 heteroatoms. The number of aryl methyl sites for hydroxylation is 1. The first-order valence-electron chi connectivity index (χ1n) is 9.97. The van der Waals surface area contributed by atoms with E-state index >= 15 is 0 Å². The smallest absolute Gasteiger partial charge is 0.399 e. The average molecular weight is 368 g/mol. The Morgan fingerprint density at radius 1 is 0.607 bits per heavy atom. The second-order valence-corrected chi connectivity index (χ2v) is 9.02. The molecule has 4 aromatic carbocycles. The van der Waals surface area contributed by atoms with Gasteiger partial charge in [-0.1, -0.05) is 66.2 Å². The average Bonchev–Trinajstić information content (AvgIpc) is 2.88. The first-order chi connectivity index (χ1) is 13.2. The molecule has 140 valence electrons. The van der Waals surface area contributed by atoms with E-state index in [2.05, 4.69) is 95.3 Å².